The van der Waals surface area contributed by atoms with Crippen molar-refractivity contribution in [1.29, 1.82) is 0 Å². The molecular weight excluding hydrogens is 340 g/mol. The summed E-state index contributed by atoms with van der Waals surface area (Å²) < 4.78 is 5.19. The van der Waals surface area contributed by atoms with E-state index in [1.165, 1.54) is 5.57 Å². The van der Waals surface area contributed by atoms with Gasteiger partial charge in [0.1, 0.15) is 6.61 Å². The molecule has 2 N–H and O–H groups in total. The Morgan fingerprint density at radius 2 is 1.89 bits per heavy atom. The number of carbonyl (C=O) groups is 1. The number of aliphatic hydroxyl groups is 2. The zero-order chi connectivity index (χ0) is 19.0. The van der Waals surface area contributed by atoms with Crippen molar-refractivity contribution < 1.29 is 19.7 Å². The molecule has 0 aromatic heterocycles. The minimum Gasteiger partial charge on any atom is -0.458 e. The summed E-state index contributed by atoms with van der Waals surface area (Å²) in [5, 5.41) is 22.2. The quantitative estimate of drug-likeness (QED) is 0.546. The number of allylic oxidation sites excluding steroid dienone is 1. The van der Waals surface area contributed by atoms with Gasteiger partial charge in [-0.15, -0.1) is 0 Å². The number of rotatable bonds is 1. The van der Waals surface area contributed by atoms with Crippen LogP contribution in [0.3, 0.4) is 0 Å². The van der Waals surface area contributed by atoms with Crippen LogP contribution in [0, 0.1) is 28.6 Å². The Morgan fingerprint density at radius 1 is 1.07 bits per heavy atom. The van der Waals surface area contributed by atoms with Crippen LogP contribution in [-0.2, 0) is 9.53 Å². The molecule has 5 rings (SSSR count). The molecule has 0 saturated heterocycles. The topological polar surface area (TPSA) is 66.8 Å². The average Bonchev–Trinajstić information content (AvgIpc) is 3.16. The van der Waals surface area contributed by atoms with Gasteiger partial charge in [-0.3, -0.25) is 0 Å². The first-order valence-electron chi connectivity index (χ1n) is 10.8. The molecule has 0 amide bonds. The number of carbonyl (C=O) groups excluding carboxylic acids is 1. The van der Waals surface area contributed by atoms with Crippen molar-refractivity contribution in [2.24, 2.45) is 28.6 Å². The van der Waals surface area contributed by atoms with E-state index in [-0.39, 0.29) is 28.8 Å². The van der Waals surface area contributed by atoms with E-state index >= 15 is 0 Å². The normalized spacial score (nSPS) is 51.6. The molecule has 0 aromatic rings. The summed E-state index contributed by atoms with van der Waals surface area (Å²) in [6.45, 7) is 5.06. The van der Waals surface area contributed by atoms with Gasteiger partial charge in [-0.2, -0.15) is 0 Å². The van der Waals surface area contributed by atoms with Crippen molar-refractivity contribution in [1.82, 2.24) is 0 Å². The van der Waals surface area contributed by atoms with Crippen LogP contribution in [0.4, 0.5) is 0 Å². The first-order chi connectivity index (χ1) is 12.8. The van der Waals surface area contributed by atoms with Gasteiger partial charge in [0.2, 0.25) is 0 Å². The van der Waals surface area contributed by atoms with Crippen molar-refractivity contribution in [2.75, 3.05) is 6.61 Å². The second-order valence-electron chi connectivity index (χ2n) is 10.3. The molecule has 148 valence electrons. The van der Waals surface area contributed by atoms with Gasteiger partial charge < -0.3 is 14.9 Å². The fourth-order valence-corrected chi connectivity index (χ4v) is 7.86. The number of hydrogen-bond acceptors (Lipinski definition) is 4. The fourth-order valence-electron chi connectivity index (χ4n) is 7.86. The summed E-state index contributed by atoms with van der Waals surface area (Å²) in [6, 6.07) is 0. The molecule has 0 unspecified atom stereocenters. The van der Waals surface area contributed by atoms with Crippen LogP contribution in [0.25, 0.3) is 0 Å². The van der Waals surface area contributed by atoms with Gasteiger partial charge in [0, 0.05) is 11.5 Å². The van der Waals surface area contributed by atoms with Crippen molar-refractivity contribution in [3.05, 3.63) is 23.3 Å². The highest BCUT2D eigenvalue weighted by Crippen LogP contribution is 2.69. The lowest BCUT2D eigenvalue weighted by atomic mass is 9.45. The third kappa shape index (κ3) is 2.26. The van der Waals surface area contributed by atoms with Crippen LogP contribution in [0.5, 0.6) is 0 Å². The molecule has 4 heteroatoms. The number of esters is 1. The van der Waals surface area contributed by atoms with Gasteiger partial charge in [-0.1, -0.05) is 25.5 Å². The molecule has 4 nitrogen and oxygen atoms in total. The van der Waals surface area contributed by atoms with E-state index in [1.807, 2.05) is 0 Å². The second-order valence-corrected chi connectivity index (χ2v) is 10.3. The second kappa shape index (κ2) is 5.70. The first kappa shape index (κ1) is 17.9. The fraction of sp³-hybridized carbons (Fsp3) is 0.783. The molecular formula is C23H32O4. The van der Waals surface area contributed by atoms with Crippen LogP contribution in [-0.4, -0.2) is 34.5 Å². The Hall–Kier alpha value is -1.13. The maximum absolute atomic E-state index is 12.1. The monoisotopic (exact) mass is 372 g/mol. The van der Waals surface area contributed by atoms with E-state index in [2.05, 4.69) is 19.9 Å². The molecule has 5 aliphatic rings. The SMILES string of the molecule is C[C@]12CC[C@H](O)C=C1CC[C@@H]1[C@@H]2CC[C@]2(C)[C@@H](C3=CC(=O)OC3)CC[C@@]12O. The predicted molar refractivity (Wildman–Crippen MR) is 102 cm³/mol. The Labute approximate surface area is 161 Å². The molecule has 0 aromatic carbocycles. The number of hydrogen-bond donors (Lipinski definition) is 2. The van der Waals surface area contributed by atoms with Crippen LogP contribution >= 0.6 is 0 Å². The Morgan fingerprint density at radius 3 is 2.63 bits per heavy atom. The Kier molecular flexibility index (Phi) is 3.78. The van der Waals surface area contributed by atoms with E-state index < -0.39 is 5.60 Å². The summed E-state index contributed by atoms with van der Waals surface area (Å²) in [4.78, 5) is 11.6. The maximum atomic E-state index is 12.1. The maximum Gasteiger partial charge on any atom is 0.331 e. The molecule has 3 saturated carbocycles. The van der Waals surface area contributed by atoms with E-state index in [9.17, 15) is 15.0 Å². The van der Waals surface area contributed by atoms with Gasteiger partial charge in [-0.05, 0) is 80.1 Å². The molecule has 0 bridgehead atoms. The highest BCUT2D eigenvalue weighted by molar-refractivity contribution is 5.85. The average molecular weight is 373 g/mol. The van der Waals surface area contributed by atoms with Gasteiger partial charge >= 0.3 is 5.97 Å². The van der Waals surface area contributed by atoms with Gasteiger partial charge in [0.25, 0.3) is 0 Å². The van der Waals surface area contributed by atoms with E-state index in [0.717, 1.165) is 56.9 Å². The van der Waals surface area contributed by atoms with Crippen molar-refractivity contribution in [2.45, 2.75) is 76.9 Å². The lowest BCUT2D eigenvalue weighted by molar-refractivity contribution is -0.181. The molecule has 7 atom stereocenters. The lowest BCUT2D eigenvalue weighted by Crippen LogP contribution is -2.60. The highest BCUT2D eigenvalue weighted by Gasteiger charge is 2.67. The van der Waals surface area contributed by atoms with Crippen molar-refractivity contribution in [3.63, 3.8) is 0 Å². The van der Waals surface area contributed by atoms with Gasteiger partial charge in [-0.25, -0.2) is 4.79 Å². The Bertz CT molecular complexity index is 739. The standard InChI is InChI=1S/C23H32O4/c1-21-8-5-16(24)12-15(21)3-4-19-18(21)6-9-22(2)17(7-10-23(19,22)26)14-11-20(25)27-13-14/h11-12,16-19,24,26H,3-10,13H2,1-2H3/t16-,17+,18-,19+,21-,22+,23+/m0/s1. The summed E-state index contributed by atoms with van der Waals surface area (Å²) in [5.74, 6) is 0.848. The molecule has 1 heterocycles. The van der Waals surface area contributed by atoms with E-state index in [4.69, 9.17) is 4.74 Å². The molecule has 4 aliphatic carbocycles. The number of fused-ring (bicyclic) bond motifs is 5. The predicted octanol–water partition coefficient (Wildman–Crippen LogP) is 3.52. The number of aliphatic hydroxyl groups excluding tert-OH is 1. The molecule has 0 radical (unpaired) electrons. The van der Waals surface area contributed by atoms with Crippen LogP contribution < -0.4 is 0 Å². The first-order valence-corrected chi connectivity index (χ1v) is 10.8. The summed E-state index contributed by atoms with van der Waals surface area (Å²) in [6.07, 6.45) is 11.3. The zero-order valence-corrected chi connectivity index (χ0v) is 16.5. The van der Waals surface area contributed by atoms with Gasteiger partial charge in [0.15, 0.2) is 0 Å². The Balaban J connectivity index is 1.50. The third-order valence-electron chi connectivity index (χ3n) is 9.41. The highest BCUT2D eigenvalue weighted by atomic mass is 16.5. The van der Waals surface area contributed by atoms with Gasteiger partial charge in [0.05, 0.1) is 11.7 Å². The van der Waals surface area contributed by atoms with Crippen LogP contribution in [0.2, 0.25) is 0 Å². The van der Waals surface area contributed by atoms with Crippen LogP contribution in [0.1, 0.15) is 65.2 Å². The smallest absolute Gasteiger partial charge is 0.331 e. The zero-order valence-electron chi connectivity index (χ0n) is 16.5. The minimum absolute atomic E-state index is 0.128. The summed E-state index contributed by atoms with van der Waals surface area (Å²) >= 11 is 0. The summed E-state index contributed by atoms with van der Waals surface area (Å²) in [7, 11) is 0. The number of cyclic esters (lactones) is 1. The van der Waals surface area contributed by atoms with E-state index in [0.29, 0.717) is 18.4 Å². The lowest BCUT2D eigenvalue weighted by Gasteiger charge is -2.61. The molecule has 3 fully saturated rings. The van der Waals surface area contributed by atoms with E-state index in [1.54, 1.807) is 6.08 Å². The number of ether oxygens (including phenoxy) is 1. The molecule has 0 spiro atoms. The third-order valence-corrected chi connectivity index (χ3v) is 9.41. The molecule has 27 heavy (non-hydrogen) atoms. The van der Waals surface area contributed by atoms with Crippen molar-refractivity contribution >= 4 is 5.97 Å². The van der Waals surface area contributed by atoms with Crippen LogP contribution in [0.15, 0.2) is 23.3 Å². The minimum atomic E-state index is -0.655. The summed E-state index contributed by atoms with van der Waals surface area (Å²) in [5.41, 5.74) is 1.84. The largest absolute Gasteiger partial charge is 0.458 e. The molecule has 1 aliphatic heterocycles. The van der Waals surface area contributed by atoms with Crippen molar-refractivity contribution in [3.8, 4) is 0 Å².